The smallest absolute Gasteiger partial charge is 0.407 e. The summed E-state index contributed by atoms with van der Waals surface area (Å²) in [5, 5.41) is 5.45. The van der Waals surface area contributed by atoms with Crippen molar-refractivity contribution < 1.29 is 28.7 Å². The van der Waals surface area contributed by atoms with E-state index in [1.807, 2.05) is 49.9 Å². The van der Waals surface area contributed by atoms with Crippen LogP contribution in [0.5, 0.6) is 0 Å². The molecule has 4 atom stereocenters. The molecule has 372 valence electrons. The van der Waals surface area contributed by atoms with Gasteiger partial charge >= 0.3 is 12.2 Å². The third-order valence-electron chi connectivity index (χ3n) is 14.4. The molecule has 0 spiro atoms. The highest BCUT2D eigenvalue weighted by Gasteiger charge is 2.39. The first-order valence-corrected chi connectivity index (χ1v) is 25.1. The Kier molecular flexibility index (Phi) is 14.6. The largest absolute Gasteiger partial charge is 0.453 e. The van der Waals surface area contributed by atoms with Crippen molar-refractivity contribution in [2.24, 2.45) is 11.8 Å². The fourth-order valence-corrected chi connectivity index (χ4v) is 10.5. The van der Waals surface area contributed by atoms with E-state index >= 15 is 0 Å². The first kappa shape index (κ1) is 48.7. The Morgan fingerprint density at radius 1 is 0.535 bits per heavy atom. The summed E-state index contributed by atoms with van der Waals surface area (Å²) in [7, 11) is 2.60. The molecule has 6 heterocycles. The second-order valence-corrected chi connectivity index (χ2v) is 19.6. The summed E-state index contributed by atoms with van der Waals surface area (Å²) in [6, 6.07) is 28.4. The maximum Gasteiger partial charge on any atom is 0.407 e. The molecule has 3 aromatic carbocycles. The number of nitrogens with zero attached hydrogens (tertiary/aromatic N) is 6. The van der Waals surface area contributed by atoms with E-state index in [1.165, 1.54) is 39.2 Å². The van der Waals surface area contributed by atoms with Crippen molar-refractivity contribution >= 4 is 29.7 Å². The van der Waals surface area contributed by atoms with Crippen molar-refractivity contribution in [2.75, 3.05) is 45.3 Å². The van der Waals surface area contributed by atoms with Crippen LogP contribution in [0.3, 0.4) is 0 Å². The highest BCUT2D eigenvalue weighted by molar-refractivity contribution is 5.87. The van der Waals surface area contributed by atoms with E-state index in [2.05, 4.69) is 115 Å². The summed E-state index contributed by atoms with van der Waals surface area (Å²) in [5.41, 5.74) is 10.1. The van der Waals surface area contributed by atoms with Crippen molar-refractivity contribution in [1.82, 2.24) is 44.9 Å². The van der Waals surface area contributed by atoms with E-state index in [9.17, 15) is 19.2 Å². The minimum Gasteiger partial charge on any atom is -0.453 e. The number of aromatic nitrogens is 5. The van der Waals surface area contributed by atoms with Crippen LogP contribution in [0.4, 0.5) is 15.3 Å². The van der Waals surface area contributed by atoms with Crippen LogP contribution in [0.25, 0.3) is 50.7 Å². The summed E-state index contributed by atoms with van der Waals surface area (Å²) < 4.78 is 11.9. The Bertz CT molecular complexity index is 2650. The summed E-state index contributed by atoms with van der Waals surface area (Å²) in [5.74, 6) is 0.923. The molecular weight excluding hydrogens is 897 g/mol. The zero-order valence-electron chi connectivity index (χ0n) is 41.6. The number of likely N-dealkylation sites (tertiary alicyclic amines) is 2. The second-order valence-electron chi connectivity index (χ2n) is 19.6. The number of hydrogen-bond acceptors (Lipinski definition) is 9. The molecule has 3 aromatic heterocycles. The predicted molar refractivity (Wildman–Crippen MR) is 274 cm³/mol. The third kappa shape index (κ3) is 10.3. The number of alkyl carbamates (subject to hydrolysis) is 2. The van der Waals surface area contributed by atoms with Gasteiger partial charge in [-0.05, 0) is 115 Å². The van der Waals surface area contributed by atoms with E-state index in [0.717, 1.165) is 101 Å². The molecule has 3 aliphatic heterocycles. The molecule has 4 N–H and O–H groups in total. The van der Waals surface area contributed by atoms with Gasteiger partial charge in [0, 0.05) is 37.6 Å². The number of carbonyl (C=O) groups is 4. The Morgan fingerprint density at radius 2 is 0.944 bits per heavy atom. The Hall–Kier alpha value is -7.36. The monoisotopic (exact) mass is 963 g/mol. The number of aromatic amines is 2. The molecule has 3 aliphatic rings. The molecule has 4 amide bonds. The van der Waals surface area contributed by atoms with Crippen LogP contribution in [0, 0.1) is 11.8 Å². The number of anilines is 1. The van der Waals surface area contributed by atoms with Crippen LogP contribution in [-0.4, -0.2) is 111 Å². The first-order valence-electron chi connectivity index (χ1n) is 25.1. The van der Waals surface area contributed by atoms with E-state index < -0.39 is 24.3 Å². The predicted octanol–water partition coefficient (Wildman–Crippen LogP) is 9.67. The lowest BCUT2D eigenvalue weighted by Crippen LogP contribution is -2.51. The zero-order chi connectivity index (χ0) is 49.8. The molecule has 0 unspecified atom stereocenters. The Labute approximate surface area is 415 Å². The van der Waals surface area contributed by atoms with Crippen molar-refractivity contribution in [3.05, 3.63) is 109 Å². The topological polar surface area (TPSA) is 183 Å². The number of methoxy groups -OCH3 is 2. The van der Waals surface area contributed by atoms with Crippen LogP contribution < -0.4 is 15.5 Å². The van der Waals surface area contributed by atoms with Gasteiger partial charge in [0.1, 0.15) is 23.7 Å². The summed E-state index contributed by atoms with van der Waals surface area (Å²) >= 11 is 0. The molecule has 0 bridgehead atoms. The molecule has 71 heavy (non-hydrogen) atoms. The molecule has 0 radical (unpaired) electrons. The summed E-state index contributed by atoms with van der Waals surface area (Å²) in [6.07, 6.45) is 9.32. The highest BCUT2D eigenvalue weighted by Crippen LogP contribution is 2.38. The van der Waals surface area contributed by atoms with E-state index in [1.54, 1.807) is 0 Å². The summed E-state index contributed by atoms with van der Waals surface area (Å²) in [4.78, 5) is 74.5. The quantitative estimate of drug-likeness (QED) is 0.0826. The third-order valence-corrected chi connectivity index (χ3v) is 14.4. The number of H-pyrrole nitrogens is 2. The maximum absolute atomic E-state index is 13.8. The standard InChI is InChI=1S/C55H66N10O6/c1-34(2)48(60-54(68)70-5)52(66)63-30-10-12-46(63)50-56-32-42(58-50)36-14-18-38(19-15-36)44-26-27-45(65(44)41-24-22-40(23-25-41)62-28-8-7-9-29-62)39-20-16-37(17-21-39)43-33-57-51(59-43)47-13-11-31-64(47)53(67)49(35(3)4)61-55(69)71-6/h14-27,32-35,46-49H,7-13,28-31H2,1-6H3,(H,56,58)(H,57,59)(H,60,68)(H,61,69)/t46-,47-,48-,49-/m0/s1. The minimum atomic E-state index is -0.703. The number of imidazole rings is 2. The van der Waals surface area contributed by atoms with Crippen LogP contribution >= 0.6 is 0 Å². The van der Waals surface area contributed by atoms with E-state index in [-0.39, 0.29) is 35.7 Å². The van der Waals surface area contributed by atoms with E-state index in [0.29, 0.717) is 13.1 Å². The fourth-order valence-electron chi connectivity index (χ4n) is 10.5. The van der Waals surface area contributed by atoms with Crippen LogP contribution in [0.15, 0.2) is 97.3 Å². The van der Waals surface area contributed by atoms with Gasteiger partial charge in [-0.3, -0.25) is 9.59 Å². The van der Waals surface area contributed by atoms with E-state index in [4.69, 9.17) is 19.4 Å². The molecular formula is C55H66N10O6. The van der Waals surface area contributed by atoms with Crippen molar-refractivity contribution in [3.8, 4) is 50.7 Å². The SMILES string of the molecule is COC(=O)N[C@H](C(=O)N1CCC[C@H]1c1ncc(-c2ccc(-c3ccc(-c4ccc(-c5cnc([C@@H]6CCCN6C(=O)[C@@H](NC(=O)OC)C(C)C)[nH]5)cc4)n3-c3ccc(N4CCCCC4)cc3)cc2)[nH]1)C(C)C. The lowest BCUT2D eigenvalue weighted by molar-refractivity contribution is -0.136. The normalized spacial score (nSPS) is 17.9. The number of piperidine rings is 1. The average molecular weight is 963 g/mol. The number of benzene rings is 3. The lowest BCUT2D eigenvalue weighted by atomic mass is 10.0. The van der Waals surface area contributed by atoms with Gasteiger partial charge in [0.2, 0.25) is 11.8 Å². The van der Waals surface area contributed by atoms with Crippen molar-refractivity contribution in [1.29, 1.82) is 0 Å². The van der Waals surface area contributed by atoms with Gasteiger partial charge in [0.15, 0.2) is 0 Å². The second kappa shape index (κ2) is 21.3. The number of carbonyl (C=O) groups excluding carboxylic acids is 4. The molecule has 16 nitrogen and oxygen atoms in total. The molecule has 3 saturated heterocycles. The fraction of sp³-hybridized carbons (Fsp3) is 0.418. The molecule has 9 rings (SSSR count). The van der Waals surface area contributed by atoms with Gasteiger partial charge in [-0.2, -0.15) is 0 Å². The van der Waals surface area contributed by atoms with Crippen LogP contribution in [0.1, 0.15) is 96.4 Å². The first-order chi connectivity index (χ1) is 34.4. The van der Waals surface area contributed by atoms with Gasteiger partial charge in [0.25, 0.3) is 0 Å². The maximum atomic E-state index is 13.8. The molecule has 16 heteroatoms. The highest BCUT2D eigenvalue weighted by atomic mass is 16.5. The minimum absolute atomic E-state index is 0.119. The van der Waals surface area contributed by atoms with Crippen LogP contribution in [-0.2, 0) is 19.1 Å². The molecule has 0 aliphatic carbocycles. The average Bonchev–Trinajstić information content (AvgIpc) is 4.27. The number of amides is 4. The van der Waals surface area contributed by atoms with Gasteiger partial charge in [0.05, 0.1) is 61.5 Å². The Morgan fingerprint density at radius 3 is 1.35 bits per heavy atom. The van der Waals surface area contributed by atoms with Gasteiger partial charge in [-0.15, -0.1) is 0 Å². The summed E-state index contributed by atoms with van der Waals surface area (Å²) in [6.45, 7) is 11.0. The molecule has 0 saturated carbocycles. The van der Waals surface area contributed by atoms with Gasteiger partial charge < -0.3 is 49.3 Å². The number of hydrogen-bond donors (Lipinski definition) is 4. The lowest BCUT2D eigenvalue weighted by Gasteiger charge is -2.30. The van der Waals surface area contributed by atoms with Crippen molar-refractivity contribution in [3.63, 3.8) is 0 Å². The van der Waals surface area contributed by atoms with Crippen LogP contribution in [0.2, 0.25) is 0 Å². The number of ether oxygens (including phenoxy) is 2. The zero-order valence-corrected chi connectivity index (χ0v) is 41.6. The Balaban J connectivity index is 0.967. The molecule has 6 aromatic rings. The molecule has 3 fully saturated rings. The number of rotatable bonds is 14. The van der Waals surface area contributed by atoms with Gasteiger partial charge in [-0.25, -0.2) is 19.6 Å². The number of nitrogens with one attached hydrogen (secondary N) is 4. The van der Waals surface area contributed by atoms with Gasteiger partial charge in [-0.1, -0.05) is 76.2 Å². The van der Waals surface area contributed by atoms with Crippen molar-refractivity contribution in [2.45, 2.75) is 96.8 Å².